The highest BCUT2D eigenvalue weighted by Crippen LogP contribution is 2.22. The number of anilines is 1. The quantitative estimate of drug-likeness (QED) is 0.773. The van der Waals surface area contributed by atoms with Crippen LogP contribution in [0.2, 0.25) is 5.02 Å². The summed E-state index contributed by atoms with van der Waals surface area (Å²) in [5.41, 5.74) is 1.32. The molecule has 5 nitrogen and oxygen atoms in total. The maximum absolute atomic E-state index is 12.5. The molecule has 1 fully saturated rings. The fraction of sp³-hybridized carbons (Fsp3) is 0.529. The Bertz CT molecular complexity index is 579. The van der Waals surface area contributed by atoms with Crippen LogP contribution in [-0.2, 0) is 4.79 Å². The first-order valence-corrected chi connectivity index (χ1v) is 8.38. The maximum Gasteiger partial charge on any atom is 0.253 e. The van der Waals surface area contributed by atoms with Gasteiger partial charge in [-0.1, -0.05) is 25.4 Å². The van der Waals surface area contributed by atoms with Crippen LogP contribution in [0.25, 0.3) is 0 Å². The molecule has 3 N–H and O–H groups in total. The van der Waals surface area contributed by atoms with Gasteiger partial charge in [-0.25, -0.2) is 0 Å². The first kappa shape index (κ1) is 17.6. The number of carbonyl (C=O) groups excluding carboxylic acids is 2. The highest BCUT2D eigenvalue weighted by Gasteiger charge is 2.21. The minimum atomic E-state index is -0.211. The molecule has 1 aromatic carbocycles. The largest absolute Gasteiger partial charge is 0.382 e. The Hall–Kier alpha value is -1.75. The molecule has 23 heavy (non-hydrogen) atoms. The highest BCUT2D eigenvalue weighted by atomic mass is 35.5. The minimum Gasteiger partial charge on any atom is -0.382 e. The van der Waals surface area contributed by atoms with E-state index in [1.807, 2.05) is 6.07 Å². The monoisotopic (exact) mass is 337 g/mol. The van der Waals surface area contributed by atoms with Gasteiger partial charge in [0.05, 0.1) is 10.6 Å². The number of hydrogen-bond donors (Lipinski definition) is 3. The van der Waals surface area contributed by atoms with Crippen LogP contribution >= 0.6 is 11.6 Å². The first-order valence-electron chi connectivity index (χ1n) is 8.00. The standard InChI is InChI=1S/C17H24ClN3O2/c1-10(2)11(3)20-12-4-6-15(18)14(8-12)17(23)21-13-5-7-16(22)19-9-13/h4,6,8,10-11,13,20H,5,7,9H2,1-3H3,(H,19,22)(H,21,23)/t11-,13-/m0/s1. The first-order chi connectivity index (χ1) is 10.9. The summed E-state index contributed by atoms with van der Waals surface area (Å²) < 4.78 is 0. The van der Waals surface area contributed by atoms with Crippen molar-refractivity contribution < 1.29 is 9.59 Å². The summed E-state index contributed by atoms with van der Waals surface area (Å²) in [6.07, 6.45) is 1.09. The van der Waals surface area contributed by atoms with Gasteiger partial charge in [-0.3, -0.25) is 9.59 Å². The van der Waals surface area contributed by atoms with E-state index in [0.717, 1.165) is 5.69 Å². The Kier molecular flexibility index (Phi) is 5.88. The zero-order valence-corrected chi connectivity index (χ0v) is 14.5. The molecule has 0 aliphatic carbocycles. The van der Waals surface area contributed by atoms with Gasteiger partial charge in [0, 0.05) is 30.7 Å². The second-order valence-electron chi connectivity index (χ2n) is 6.38. The van der Waals surface area contributed by atoms with E-state index in [9.17, 15) is 9.59 Å². The lowest BCUT2D eigenvalue weighted by Crippen LogP contribution is -2.47. The molecule has 0 radical (unpaired) electrons. The molecule has 2 rings (SSSR count). The van der Waals surface area contributed by atoms with Crippen molar-refractivity contribution >= 4 is 29.1 Å². The lowest BCUT2D eigenvalue weighted by Gasteiger charge is -2.24. The van der Waals surface area contributed by atoms with Gasteiger partial charge in [0.15, 0.2) is 0 Å². The van der Waals surface area contributed by atoms with E-state index in [1.54, 1.807) is 12.1 Å². The second kappa shape index (κ2) is 7.68. The SMILES string of the molecule is CC(C)[C@H](C)Nc1ccc(Cl)c(C(=O)N[C@H]2CCC(=O)NC2)c1. The molecule has 0 unspecified atom stereocenters. The van der Waals surface area contributed by atoms with E-state index >= 15 is 0 Å². The number of hydrogen-bond acceptors (Lipinski definition) is 3. The zero-order valence-electron chi connectivity index (χ0n) is 13.8. The van der Waals surface area contributed by atoms with Gasteiger partial charge in [-0.15, -0.1) is 0 Å². The van der Waals surface area contributed by atoms with Crippen LogP contribution in [0.1, 0.15) is 44.0 Å². The molecule has 1 aliphatic heterocycles. The molecule has 1 saturated heterocycles. The van der Waals surface area contributed by atoms with E-state index in [2.05, 4.69) is 36.7 Å². The van der Waals surface area contributed by atoms with Gasteiger partial charge in [-0.05, 0) is 37.5 Å². The van der Waals surface area contributed by atoms with Crippen molar-refractivity contribution in [2.75, 3.05) is 11.9 Å². The van der Waals surface area contributed by atoms with Gasteiger partial charge in [0.2, 0.25) is 5.91 Å². The van der Waals surface area contributed by atoms with Crippen LogP contribution in [0.15, 0.2) is 18.2 Å². The Morgan fingerprint density at radius 3 is 2.70 bits per heavy atom. The topological polar surface area (TPSA) is 70.2 Å². The molecule has 0 bridgehead atoms. The Labute approximate surface area is 142 Å². The molecule has 2 atom stereocenters. The minimum absolute atomic E-state index is 0.0300. The molecule has 1 heterocycles. The molecule has 0 aromatic heterocycles. The number of piperidine rings is 1. The van der Waals surface area contributed by atoms with Crippen molar-refractivity contribution in [2.24, 2.45) is 5.92 Å². The number of benzene rings is 1. The Balaban J connectivity index is 2.05. The molecule has 1 aliphatic rings. The Morgan fingerprint density at radius 2 is 2.09 bits per heavy atom. The van der Waals surface area contributed by atoms with Crippen LogP contribution in [-0.4, -0.2) is 30.4 Å². The average molecular weight is 338 g/mol. The third-order valence-electron chi connectivity index (χ3n) is 4.21. The number of halogens is 1. The molecule has 1 aromatic rings. The van der Waals surface area contributed by atoms with E-state index in [-0.39, 0.29) is 17.9 Å². The third-order valence-corrected chi connectivity index (χ3v) is 4.54. The average Bonchev–Trinajstić information content (AvgIpc) is 2.51. The van der Waals surface area contributed by atoms with Gasteiger partial charge in [-0.2, -0.15) is 0 Å². The number of amides is 2. The summed E-state index contributed by atoms with van der Waals surface area (Å²) in [5.74, 6) is 0.299. The molecule has 2 amide bonds. The number of rotatable bonds is 5. The van der Waals surface area contributed by atoms with Gasteiger partial charge in [0.1, 0.15) is 0 Å². The molecular weight excluding hydrogens is 314 g/mol. The molecule has 0 saturated carbocycles. The molecular formula is C17H24ClN3O2. The summed E-state index contributed by atoms with van der Waals surface area (Å²) in [6.45, 7) is 6.84. The molecule has 126 valence electrons. The van der Waals surface area contributed by atoms with Crippen molar-refractivity contribution in [3.05, 3.63) is 28.8 Å². The van der Waals surface area contributed by atoms with Crippen molar-refractivity contribution in [3.8, 4) is 0 Å². The van der Waals surface area contributed by atoms with E-state index < -0.39 is 0 Å². The lowest BCUT2D eigenvalue weighted by atomic mass is 10.0. The summed E-state index contributed by atoms with van der Waals surface area (Å²) in [5, 5.41) is 9.49. The molecule has 0 spiro atoms. The maximum atomic E-state index is 12.5. The number of carbonyl (C=O) groups is 2. The predicted octanol–water partition coefficient (Wildman–Crippen LogP) is 2.80. The third kappa shape index (κ3) is 4.86. The van der Waals surface area contributed by atoms with Crippen LogP contribution in [0.4, 0.5) is 5.69 Å². The van der Waals surface area contributed by atoms with Gasteiger partial charge >= 0.3 is 0 Å². The van der Waals surface area contributed by atoms with Crippen LogP contribution in [0.3, 0.4) is 0 Å². The fourth-order valence-corrected chi connectivity index (χ4v) is 2.54. The van der Waals surface area contributed by atoms with Crippen LogP contribution in [0, 0.1) is 5.92 Å². The van der Waals surface area contributed by atoms with E-state index in [0.29, 0.717) is 41.9 Å². The summed E-state index contributed by atoms with van der Waals surface area (Å²) >= 11 is 6.17. The zero-order chi connectivity index (χ0) is 17.0. The van der Waals surface area contributed by atoms with Crippen molar-refractivity contribution in [1.82, 2.24) is 10.6 Å². The summed E-state index contributed by atoms with van der Waals surface area (Å²) in [4.78, 5) is 23.6. The number of nitrogens with one attached hydrogen (secondary N) is 3. The van der Waals surface area contributed by atoms with Crippen molar-refractivity contribution in [2.45, 2.75) is 45.7 Å². The van der Waals surface area contributed by atoms with Crippen LogP contribution in [0.5, 0.6) is 0 Å². The van der Waals surface area contributed by atoms with Crippen molar-refractivity contribution in [1.29, 1.82) is 0 Å². The fourth-order valence-electron chi connectivity index (χ4n) is 2.34. The van der Waals surface area contributed by atoms with E-state index in [1.165, 1.54) is 0 Å². The second-order valence-corrected chi connectivity index (χ2v) is 6.79. The summed E-state index contributed by atoms with van der Waals surface area (Å²) in [6, 6.07) is 5.62. The van der Waals surface area contributed by atoms with Crippen LogP contribution < -0.4 is 16.0 Å². The van der Waals surface area contributed by atoms with E-state index in [4.69, 9.17) is 11.6 Å². The Morgan fingerprint density at radius 1 is 1.35 bits per heavy atom. The van der Waals surface area contributed by atoms with Gasteiger partial charge < -0.3 is 16.0 Å². The lowest BCUT2D eigenvalue weighted by molar-refractivity contribution is -0.122. The summed E-state index contributed by atoms with van der Waals surface area (Å²) in [7, 11) is 0. The smallest absolute Gasteiger partial charge is 0.253 e. The van der Waals surface area contributed by atoms with Gasteiger partial charge in [0.25, 0.3) is 5.91 Å². The van der Waals surface area contributed by atoms with Crippen molar-refractivity contribution in [3.63, 3.8) is 0 Å². The highest BCUT2D eigenvalue weighted by molar-refractivity contribution is 6.34. The molecule has 6 heteroatoms. The normalized spacial score (nSPS) is 19.2. The predicted molar refractivity (Wildman–Crippen MR) is 92.9 cm³/mol.